The molecule has 0 aliphatic heterocycles. The molecule has 0 aromatic heterocycles. The molecule has 2 amide bonds. The van der Waals surface area contributed by atoms with E-state index in [9.17, 15) is 14.7 Å². The van der Waals surface area contributed by atoms with E-state index in [1.165, 1.54) is 4.90 Å². The van der Waals surface area contributed by atoms with E-state index in [0.29, 0.717) is 19.4 Å². The van der Waals surface area contributed by atoms with Gasteiger partial charge in [-0.25, -0.2) is 9.59 Å². The molecule has 21 heavy (non-hydrogen) atoms. The Labute approximate surface area is 132 Å². The average Bonchev–Trinajstić information content (AvgIpc) is 2.91. The summed E-state index contributed by atoms with van der Waals surface area (Å²) in [6.07, 6.45) is 2.66. The second kappa shape index (κ2) is 6.47. The number of carboxylic acids is 1. The van der Waals surface area contributed by atoms with Gasteiger partial charge in [-0.05, 0) is 24.5 Å². The highest BCUT2D eigenvalue weighted by Gasteiger charge is 2.43. The zero-order chi connectivity index (χ0) is 15.5. The van der Waals surface area contributed by atoms with Crippen LogP contribution < -0.4 is 5.32 Å². The maximum atomic E-state index is 12.3. The fourth-order valence-electron chi connectivity index (χ4n) is 2.62. The number of urea groups is 1. The first-order valence-corrected chi connectivity index (χ1v) is 7.74. The molecule has 1 aromatic carbocycles. The highest BCUT2D eigenvalue weighted by Crippen LogP contribution is 2.30. The van der Waals surface area contributed by atoms with E-state index in [4.69, 9.17) is 0 Å². The van der Waals surface area contributed by atoms with Gasteiger partial charge >= 0.3 is 12.0 Å². The van der Waals surface area contributed by atoms with Crippen LogP contribution in [0.4, 0.5) is 4.79 Å². The SMILES string of the molecule is CN(Cc1ccccc1Br)C(=O)NC1(C(=O)O)CCCC1. The third-order valence-electron chi connectivity index (χ3n) is 3.92. The summed E-state index contributed by atoms with van der Waals surface area (Å²) in [6, 6.07) is 7.30. The zero-order valence-electron chi connectivity index (χ0n) is 11.9. The maximum absolute atomic E-state index is 12.3. The van der Waals surface area contributed by atoms with E-state index in [0.717, 1.165) is 22.9 Å². The molecular formula is C15H19BrN2O3. The van der Waals surface area contributed by atoms with Gasteiger partial charge in [-0.1, -0.05) is 47.0 Å². The minimum atomic E-state index is -1.10. The number of nitrogens with one attached hydrogen (secondary N) is 1. The van der Waals surface area contributed by atoms with Crippen LogP contribution in [0, 0.1) is 0 Å². The van der Waals surface area contributed by atoms with Crippen LogP contribution in [0.5, 0.6) is 0 Å². The van der Waals surface area contributed by atoms with Gasteiger partial charge in [0.15, 0.2) is 0 Å². The van der Waals surface area contributed by atoms with Crippen LogP contribution in [0.25, 0.3) is 0 Å². The summed E-state index contributed by atoms with van der Waals surface area (Å²) < 4.78 is 0.929. The van der Waals surface area contributed by atoms with E-state index in [2.05, 4.69) is 21.2 Å². The lowest BCUT2D eigenvalue weighted by Crippen LogP contribution is -2.55. The number of carbonyl (C=O) groups excluding carboxylic acids is 1. The maximum Gasteiger partial charge on any atom is 0.329 e. The van der Waals surface area contributed by atoms with E-state index in [-0.39, 0.29) is 6.03 Å². The molecule has 5 nitrogen and oxygen atoms in total. The molecule has 1 aromatic rings. The van der Waals surface area contributed by atoms with E-state index >= 15 is 0 Å². The number of hydrogen-bond donors (Lipinski definition) is 2. The van der Waals surface area contributed by atoms with Crippen molar-refractivity contribution in [2.75, 3.05) is 7.05 Å². The van der Waals surface area contributed by atoms with Gasteiger partial charge in [0.1, 0.15) is 5.54 Å². The summed E-state index contributed by atoms with van der Waals surface area (Å²) in [6.45, 7) is 0.420. The molecule has 2 rings (SSSR count). The summed E-state index contributed by atoms with van der Waals surface area (Å²) in [5, 5.41) is 12.1. The Morgan fingerprint density at radius 2 is 1.95 bits per heavy atom. The summed E-state index contributed by atoms with van der Waals surface area (Å²) >= 11 is 3.44. The van der Waals surface area contributed by atoms with Crippen molar-refractivity contribution in [3.05, 3.63) is 34.3 Å². The van der Waals surface area contributed by atoms with Crippen molar-refractivity contribution in [3.63, 3.8) is 0 Å². The van der Waals surface area contributed by atoms with Gasteiger partial charge in [-0.3, -0.25) is 0 Å². The third kappa shape index (κ3) is 3.56. The predicted octanol–water partition coefficient (Wildman–Crippen LogP) is 2.99. The summed E-state index contributed by atoms with van der Waals surface area (Å²) in [7, 11) is 1.67. The Morgan fingerprint density at radius 1 is 1.33 bits per heavy atom. The molecular weight excluding hydrogens is 336 g/mol. The number of halogens is 1. The quantitative estimate of drug-likeness (QED) is 0.872. The average molecular weight is 355 g/mol. The number of carbonyl (C=O) groups is 2. The van der Waals surface area contributed by atoms with Gasteiger partial charge in [-0.2, -0.15) is 0 Å². The van der Waals surface area contributed by atoms with Crippen molar-refractivity contribution in [2.45, 2.75) is 37.8 Å². The first-order valence-electron chi connectivity index (χ1n) is 6.95. The zero-order valence-corrected chi connectivity index (χ0v) is 13.5. The lowest BCUT2D eigenvalue weighted by atomic mass is 9.98. The van der Waals surface area contributed by atoms with Gasteiger partial charge in [0, 0.05) is 18.1 Å². The van der Waals surface area contributed by atoms with Crippen LogP contribution in [0.1, 0.15) is 31.2 Å². The predicted molar refractivity (Wildman–Crippen MR) is 83.0 cm³/mol. The van der Waals surface area contributed by atoms with Crippen molar-refractivity contribution in [1.82, 2.24) is 10.2 Å². The number of rotatable bonds is 4. The largest absolute Gasteiger partial charge is 0.480 e. The minimum Gasteiger partial charge on any atom is -0.480 e. The van der Waals surface area contributed by atoms with E-state index in [1.54, 1.807) is 7.05 Å². The van der Waals surface area contributed by atoms with Crippen molar-refractivity contribution in [2.24, 2.45) is 0 Å². The lowest BCUT2D eigenvalue weighted by Gasteiger charge is -2.28. The van der Waals surface area contributed by atoms with Crippen LogP contribution in [0.15, 0.2) is 28.7 Å². The topological polar surface area (TPSA) is 69.6 Å². The first-order chi connectivity index (χ1) is 9.94. The summed E-state index contributed by atoms with van der Waals surface area (Å²) in [5.41, 5.74) is -0.120. The number of amides is 2. The molecule has 2 N–H and O–H groups in total. The normalized spacial score (nSPS) is 16.5. The molecule has 1 aliphatic carbocycles. The van der Waals surface area contributed by atoms with E-state index in [1.807, 2.05) is 24.3 Å². The Kier molecular flexibility index (Phi) is 4.88. The highest BCUT2D eigenvalue weighted by molar-refractivity contribution is 9.10. The van der Waals surface area contributed by atoms with Gasteiger partial charge in [0.25, 0.3) is 0 Å². The molecule has 1 fully saturated rings. The number of nitrogens with zero attached hydrogens (tertiary/aromatic N) is 1. The number of aliphatic carboxylic acids is 1. The highest BCUT2D eigenvalue weighted by atomic mass is 79.9. The minimum absolute atomic E-state index is 0.352. The Bertz CT molecular complexity index is 541. The standard InChI is InChI=1S/C15H19BrN2O3/c1-18(10-11-6-2-3-7-12(11)16)14(21)17-15(13(19)20)8-4-5-9-15/h2-3,6-7H,4-5,8-10H2,1H3,(H,17,21)(H,19,20). The molecule has 0 spiro atoms. The molecule has 0 bridgehead atoms. The molecule has 0 atom stereocenters. The van der Waals surface area contributed by atoms with Crippen LogP contribution in [0.3, 0.4) is 0 Å². The molecule has 0 unspecified atom stereocenters. The third-order valence-corrected chi connectivity index (χ3v) is 4.70. The Hall–Kier alpha value is -1.56. The molecule has 114 valence electrons. The van der Waals surface area contributed by atoms with Crippen LogP contribution in [-0.4, -0.2) is 34.6 Å². The molecule has 1 saturated carbocycles. The Balaban J connectivity index is 2.03. The monoisotopic (exact) mass is 354 g/mol. The van der Waals surface area contributed by atoms with Crippen molar-refractivity contribution in [3.8, 4) is 0 Å². The van der Waals surface area contributed by atoms with Crippen LogP contribution >= 0.6 is 15.9 Å². The second-order valence-corrected chi connectivity index (χ2v) is 6.33. The summed E-state index contributed by atoms with van der Waals surface area (Å²) in [5.74, 6) is -0.942. The van der Waals surface area contributed by atoms with Crippen molar-refractivity contribution < 1.29 is 14.7 Å². The number of benzene rings is 1. The lowest BCUT2D eigenvalue weighted by molar-refractivity contribution is -0.144. The molecule has 0 saturated heterocycles. The van der Waals surface area contributed by atoms with E-state index < -0.39 is 11.5 Å². The Morgan fingerprint density at radius 3 is 2.52 bits per heavy atom. The van der Waals surface area contributed by atoms with Gasteiger partial charge in [0.05, 0.1) is 0 Å². The summed E-state index contributed by atoms with van der Waals surface area (Å²) in [4.78, 5) is 25.2. The number of carboxylic acid groups (broad SMARTS) is 1. The second-order valence-electron chi connectivity index (χ2n) is 5.47. The fourth-order valence-corrected chi connectivity index (χ4v) is 3.04. The van der Waals surface area contributed by atoms with Gasteiger partial charge < -0.3 is 15.3 Å². The first kappa shape index (κ1) is 15.8. The fraction of sp³-hybridized carbons (Fsp3) is 0.467. The van der Waals surface area contributed by atoms with Crippen molar-refractivity contribution >= 4 is 27.9 Å². The molecule has 0 radical (unpaired) electrons. The molecule has 0 heterocycles. The molecule has 6 heteroatoms. The van der Waals surface area contributed by atoms with Crippen LogP contribution in [0.2, 0.25) is 0 Å². The smallest absolute Gasteiger partial charge is 0.329 e. The number of hydrogen-bond acceptors (Lipinski definition) is 2. The van der Waals surface area contributed by atoms with Crippen LogP contribution in [-0.2, 0) is 11.3 Å². The molecule has 1 aliphatic rings. The van der Waals surface area contributed by atoms with Gasteiger partial charge in [0.2, 0.25) is 0 Å². The van der Waals surface area contributed by atoms with Crippen molar-refractivity contribution in [1.29, 1.82) is 0 Å². The van der Waals surface area contributed by atoms with Gasteiger partial charge in [-0.15, -0.1) is 0 Å².